The lowest BCUT2D eigenvalue weighted by atomic mass is 10.1. The van der Waals surface area contributed by atoms with E-state index in [4.69, 9.17) is 4.74 Å². The van der Waals surface area contributed by atoms with Crippen molar-refractivity contribution in [3.8, 4) is 11.8 Å². The number of hydrogen-bond donors (Lipinski definition) is 1. The molecule has 1 aliphatic rings. The van der Waals surface area contributed by atoms with Crippen molar-refractivity contribution in [2.75, 3.05) is 13.1 Å². The van der Waals surface area contributed by atoms with Crippen molar-refractivity contribution >= 4 is 0 Å². The first-order chi connectivity index (χ1) is 13.0. The lowest BCUT2D eigenvalue weighted by Crippen LogP contribution is -2.36. The van der Waals surface area contributed by atoms with E-state index < -0.39 is 5.60 Å². The van der Waals surface area contributed by atoms with Crippen LogP contribution >= 0.6 is 0 Å². The summed E-state index contributed by atoms with van der Waals surface area (Å²) in [6.07, 6.45) is 4.25. The summed E-state index contributed by atoms with van der Waals surface area (Å²) in [7, 11) is 0. The Labute approximate surface area is 162 Å². The minimum Gasteiger partial charge on any atom is -0.378 e. The summed E-state index contributed by atoms with van der Waals surface area (Å²) in [5, 5.41) is 9.68. The van der Waals surface area contributed by atoms with Crippen LogP contribution < -0.4 is 0 Å². The number of aromatic nitrogens is 1. The highest BCUT2D eigenvalue weighted by molar-refractivity contribution is 5.37. The number of nitrogens with zero attached hydrogens (tertiary/aromatic N) is 2. The van der Waals surface area contributed by atoms with Crippen molar-refractivity contribution in [2.45, 2.75) is 51.5 Å². The largest absolute Gasteiger partial charge is 0.378 e. The molecule has 0 aliphatic carbocycles. The van der Waals surface area contributed by atoms with Gasteiger partial charge in [0.15, 0.2) is 0 Å². The van der Waals surface area contributed by atoms with E-state index in [2.05, 4.69) is 33.9 Å². The Balaban J connectivity index is 1.43. The van der Waals surface area contributed by atoms with Crippen LogP contribution in [0.25, 0.3) is 0 Å². The van der Waals surface area contributed by atoms with Gasteiger partial charge in [-0.2, -0.15) is 0 Å². The zero-order valence-electron chi connectivity index (χ0n) is 16.2. The topological polar surface area (TPSA) is 45.6 Å². The molecule has 1 aromatic carbocycles. The monoisotopic (exact) mass is 364 g/mol. The molecule has 0 atom stereocenters. The summed E-state index contributed by atoms with van der Waals surface area (Å²) < 4.78 is 6.01. The van der Waals surface area contributed by atoms with Crippen molar-refractivity contribution < 1.29 is 9.84 Å². The van der Waals surface area contributed by atoms with Crippen LogP contribution in [0.4, 0.5) is 0 Å². The molecule has 27 heavy (non-hydrogen) atoms. The summed E-state index contributed by atoms with van der Waals surface area (Å²) in [5.41, 5.74) is 2.26. The van der Waals surface area contributed by atoms with E-state index in [-0.39, 0.29) is 0 Å². The van der Waals surface area contributed by atoms with Gasteiger partial charge in [-0.15, -0.1) is 0 Å². The van der Waals surface area contributed by atoms with Crippen LogP contribution in [0.2, 0.25) is 0 Å². The first kappa shape index (κ1) is 19.6. The van der Waals surface area contributed by atoms with Gasteiger partial charge >= 0.3 is 0 Å². The molecule has 4 heteroatoms. The summed E-state index contributed by atoms with van der Waals surface area (Å²) >= 11 is 0. The molecule has 1 saturated heterocycles. The highest BCUT2D eigenvalue weighted by atomic mass is 16.5. The summed E-state index contributed by atoms with van der Waals surface area (Å²) in [4.78, 5) is 6.78. The second kappa shape index (κ2) is 9.14. The van der Waals surface area contributed by atoms with E-state index in [1.807, 2.05) is 36.5 Å². The molecule has 3 rings (SSSR count). The van der Waals surface area contributed by atoms with Crippen LogP contribution in [-0.4, -0.2) is 39.8 Å². The first-order valence-electron chi connectivity index (χ1n) is 9.56. The number of rotatable bonds is 5. The Morgan fingerprint density at radius 3 is 2.52 bits per heavy atom. The molecule has 0 saturated carbocycles. The van der Waals surface area contributed by atoms with Crippen LogP contribution in [-0.2, 0) is 17.9 Å². The van der Waals surface area contributed by atoms with Gasteiger partial charge in [0.2, 0.25) is 0 Å². The molecule has 142 valence electrons. The Kier molecular flexibility index (Phi) is 6.63. The second-order valence-corrected chi connectivity index (χ2v) is 7.61. The normalized spacial score (nSPS) is 16.0. The highest BCUT2D eigenvalue weighted by Gasteiger charge is 2.19. The van der Waals surface area contributed by atoms with Crippen molar-refractivity contribution in [3.63, 3.8) is 0 Å². The lowest BCUT2D eigenvalue weighted by molar-refractivity contribution is -0.00522. The van der Waals surface area contributed by atoms with E-state index in [1.54, 1.807) is 13.8 Å². The smallest absolute Gasteiger partial charge is 0.120 e. The van der Waals surface area contributed by atoms with Crippen molar-refractivity contribution in [1.29, 1.82) is 0 Å². The van der Waals surface area contributed by atoms with Crippen LogP contribution in [0, 0.1) is 11.8 Å². The predicted molar refractivity (Wildman–Crippen MR) is 107 cm³/mol. The van der Waals surface area contributed by atoms with E-state index in [0.29, 0.717) is 12.7 Å². The van der Waals surface area contributed by atoms with Gasteiger partial charge in [0.05, 0.1) is 18.4 Å². The predicted octanol–water partition coefficient (Wildman–Crippen LogP) is 3.39. The molecule has 0 bridgehead atoms. The van der Waals surface area contributed by atoms with Crippen LogP contribution in [0.15, 0.2) is 48.7 Å². The number of piperidine rings is 1. The molecule has 1 fully saturated rings. The number of pyridine rings is 1. The minimum atomic E-state index is -0.957. The summed E-state index contributed by atoms with van der Waals surface area (Å²) in [6, 6.07) is 14.2. The third-order valence-electron chi connectivity index (χ3n) is 4.60. The molecular weight excluding hydrogens is 336 g/mol. The maximum Gasteiger partial charge on any atom is 0.120 e. The van der Waals surface area contributed by atoms with Gasteiger partial charge in [0.1, 0.15) is 5.60 Å². The number of likely N-dealkylation sites (tertiary alicyclic amines) is 1. The Bertz CT molecular complexity index is 762. The van der Waals surface area contributed by atoms with Gasteiger partial charge in [-0.3, -0.25) is 9.88 Å². The molecular formula is C23H28N2O2. The van der Waals surface area contributed by atoms with E-state index in [0.717, 1.165) is 43.7 Å². The summed E-state index contributed by atoms with van der Waals surface area (Å²) in [6.45, 7) is 7.03. The van der Waals surface area contributed by atoms with Gasteiger partial charge in [0.25, 0.3) is 0 Å². The zero-order valence-corrected chi connectivity index (χ0v) is 16.2. The fourth-order valence-corrected chi connectivity index (χ4v) is 3.10. The quantitative estimate of drug-likeness (QED) is 0.826. The maximum atomic E-state index is 9.68. The fourth-order valence-electron chi connectivity index (χ4n) is 3.10. The van der Waals surface area contributed by atoms with Crippen LogP contribution in [0.1, 0.15) is 43.5 Å². The number of hydrogen-bond acceptors (Lipinski definition) is 4. The SMILES string of the molecule is CC(C)(O)C#Cc1ccc(CN2CCC(OCc3ccccn3)CC2)cc1. The highest BCUT2D eigenvalue weighted by Crippen LogP contribution is 2.17. The Morgan fingerprint density at radius 1 is 1.15 bits per heavy atom. The lowest BCUT2D eigenvalue weighted by Gasteiger charge is -2.31. The minimum absolute atomic E-state index is 0.322. The van der Waals surface area contributed by atoms with Gasteiger partial charge in [-0.25, -0.2) is 0 Å². The van der Waals surface area contributed by atoms with Gasteiger partial charge in [-0.05, 0) is 56.5 Å². The summed E-state index contributed by atoms with van der Waals surface area (Å²) in [5.74, 6) is 5.86. The van der Waals surface area contributed by atoms with Gasteiger partial charge in [-0.1, -0.05) is 30.0 Å². The zero-order chi connectivity index (χ0) is 19.1. The van der Waals surface area contributed by atoms with Crippen molar-refractivity contribution in [2.24, 2.45) is 0 Å². The molecule has 1 N–H and O–H groups in total. The van der Waals surface area contributed by atoms with E-state index in [1.165, 1.54) is 5.56 Å². The van der Waals surface area contributed by atoms with Crippen LogP contribution in [0.5, 0.6) is 0 Å². The number of benzene rings is 1. The van der Waals surface area contributed by atoms with Crippen molar-refractivity contribution in [1.82, 2.24) is 9.88 Å². The van der Waals surface area contributed by atoms with Gasteiger partial charge in [0, 0.05) is 31.4 Å². The second-order valence-electron chi connectivity index (χ2n) is 7.61. The maximum absolute atomic E-state index is 9.68. The van der Waals surface area contributed by atoms with E-state index >= 15 is 0 Å². The molecule has 4 nitrogen and oxygen atoms in total. The average molecular weight is 364 g/mol. The van der Waals surface area contributed by atoms with Gasteiger partial charge < -0.3 is 9.84 Å². The molecule has 0 amide bonds. The van der Waals surface area contributed by atoms with Crippen molar-refractivity contribution in [3.05, 3.63) is 65.5 Å². The fraction of sp³-hybridized carbons (Fsp3) is 0.435. The Morgan fingerprint density at radius 2 is 1.89 bits per heavy atom. The molecule has 0 radical (unpaired) electrons. The third kappa shape index (κ3) is 6.80. The number of ether oxygens (including phenoxy) is 1. The van der Waals surface area contributed by atoms with E-state index in [9.17, 15) is 5.11 Å². The third-order valence-corrected chi connectivity index (χ3v) is 4.60. The Hall–Kier alpha value is -2.19. The number of aliphatic hydroxyl groups is 1. The molecule has 0 spiro atoms. The molecule has 1 aliphatic heterocycles. The molecule has 2 aromatic rings. The standard InChI is InChI=1S/C23H28N2O2/c1-23(2,26)13-10-19-6-8-20(9-7-19)17-25-15-11-22(12-16-25)27-18-21-5-3-4-14-24-21/h3-9,14,22,26H,11-12,15-18H2,1-2H3. The van der Waals surface area contributed by atoms with Crippen LogP contribution in [0.3, 0.4) is 0 Å². The first-order valence-corrected chi connectivity index (χ1v) is 9.56. The molecule has 0 unspecified atom stereocenters. The average Bonchev–Trinajstić information content (AvgIpc) is 2.67. The molecule has 1 aromatic heterocycles. The molecule has 2 heterocycles.